The molecule has 1 atom stereocenters. The number of morpholine rings is 1. The van der Waals surface area contributed by atoms with Gasteiger partial charge in [-0.1, -0.05) is 30.3 Å². The zero-order valence-electron chi connectivity index (χ0n) is 12.2. The highest BCUT2D eigenvalue weighted by molar-refractivity contribution is 5.67. The Morgan fingerprint density at radius 2 is 2.14 bits per heavy atom. The van der Waals surface area contributed by atoms with Crippen LogP contribution in [0.25, 0.3) is 0 Å². The SMILES string of the molecule is O=C(OCc1ccccc1)N1CCOC(CNC2CC2)C1. The number of carbonyl (C=O) groups is 1. The third kappa shape index (κ3) is 4.44. The minimum Gasteiger partial charge on any atom is -0.445 e. The average molecular weight is 290 g/mol. The van der Waals surface area contributed by atoms with Gasteiger partial charge in [0.15, 0.2) is 0 Å². The lowest BCUT2D eigenvalue weighted by Crippen LogP contribution is -2.49. The minimum atomic E-state index is -0.251. The fourth-order valence-corrected chi connectivity index (χ4v) is 2.40. The summed E-state index contributed by atoms with van der Waals surface area (Å²) in [6, 6.07) is 10.4. The smallest absolute Gasteiger partial charge is 0.410 e. The van der Waals surface area contributed by atoms with E-state index in [1.807, 2.05) is 30.3 Å². The van der Waals surface area contributed by atoms with E-state index < -0.39 is 0 Å². The van der Waals surface area contributed by atoms with E-state index in [1.54, 1.807) is 4.90 Å². The molecule has 0 bridgehead atoms. The quantitative estimate of drug-likeness (QED) is 0.898. The molecular formula is C16H22N2O3. The number of hydrogen-bond donors (Lipinski definition) is 1. The summed E-state index contributed by atoms with van der Waals surface area (Å²) in [6.07, 6.45) is 2.34. The molecule has 114 valence electrons. The molecule has 1 aromatic carbocycles. The second-order valence-corrected chi connectivity index (χ2v) is 5.66. The van der Waals surface area contributed by atoms with Gasteiger partial charge >= 0.3 is 6.09 Å². The van der Waals surface area contributed by atoms with Crippen LogP contribution in [0.3, 0.4) is 0 Å². The van der Waals surface area contributed by atoms with E-state index in [0.29, 0.717) is 32.3 Å². The van der Waals surface area contributed by atoms with E-state index in [0.717, 1.165) is 12.1 Å². The van der Waals surface area contributed by atoms with Gasteiger partial charge in [0.25, 0.3) is 0 Å². The summed E-state index contributed by atoms with van der Waals surface area (Å²) in [6.45, 7) is 2.92. The van der Waals surface area contributed by atoms with Crippen molar-refractivity contribution >= 4 is 6.09 Å². The number of nitrogens with one attached hydrogen (secondary N) is 1. The van der Waals surface area contributed by atoms with Crippen LogP contribution in [0.4, 0.5) is 4.79 Å². The molecule has 2 aliphatic rings. The Labute approximate surface area is 125 Å². The lowest BCUT2D eigenvalue weighted by molar-refractivity contribution is -0.0271. The molecule has 21 heavy (non-hydrogen) atoms. The standard InChI is InChI=1S/C16H22N2O3/c19-16(21-12-13-4-2-1-3-5-13)18-8-9-20-15(11-18)10-17-14-6-7-14/h1-5,14-15,17H,6-12H2. The third-order valence-corrected chi connectivity index (χ3v) is 3.81. The van der Waals surface area contributed by atoms with Gasteiger partial charge in [-0.3, -0.25) is 0 Å². The van der Waals surface area contributed by atoms with Crippen molar-refractivity contribution in [1.82, 2.24) is 10.2 Å². The first kappa shape index (κ1) is 14.4. The maximum Gasteiger partial charge on any atom is 0.410 e. The number of hydrogen-bond acceptors (Lipinski definition) is 4. The molecule has 2 fully saturated rings. The summed E-state index contributed by atoms with van der Waals surface area (Å²) in [4.78, 5) is 13.8. The molecule has 5 heteroatoms. The summed E-state index contributed by atoms with van der Waals surface area (Å²) >= 11 is 0. The van der Waals surface area contributed by atoms with Crippen LogP contribution in [0, 0.1) is 0 Å². The highest BCUT2D eigenvalue weighted by Crippen LogP contribution is 2.19. The zero-order chi connectivity index (χ0) is 14.5. The topological polar surface area (TPSA) is 50.8 Å². The molecule has 0 spiro atoms. The number of nitrogens with zero attached hydrogens (tertiary/aromatic N) is 1. The van der Waals surface area contributed by atoms with Crippen LogP contribution in [-0.4, -0.2) is 49.4 Å². The minimum absolute atomic E-state index is 0.0728. The summed E-state index contributed by atoms with van der Waals surface area (Å²) in [5, 5.41) is 3.44. The fraction of sp³-hybridized carbons (Fsp3) is 0.562. The first-order valence-corrected chi connectivity index (χ1v) is 7.62. The highest BCUT2D eigenvalue weighted by atomic mass is 16.6. The van der Waals surface area contributed by atoms with Crippen molar-refractivity contribution in [1.29, 1.82) is 0 Å². The number of benzene rings is 1. The third-order valence-electron chi connectivity index (χ3n) is 3.81. The zero-order valence-corrected chi connectivity index (χ0v) is 12.2. The molecule has 1 saturated heterocycles. The van der Waals surface area contributed by atoms with Crippen LogP contribution in [0.1, 0.15) is 18.4 Å². The van der Waals surface area contributed by atoms with Crippen LogP contribution in [-0.2, 0) is 16.1 Å². The molecule has 1 aromatic rings. The molecule has 3 rings (SSSR count). The first-order valence-electron chi connectivity index (χ1n) is 7.62. The second kappa shape index (κ2) is 6.91. The van der Waals surface area contributed by atoms with Crippen molar-refractivity contribution < 1.29 is 14.3 Å². The largest absolute Gasteiger partial charge is 0.445 e. The summed E-state index contributed by atoms with van der Waals surface area (Å²) < 4.78 is 11.1. The van der Waals surface area contributed by atoms with Crippen molar-refractivity contribution in [3.63, 3.8) is 0 Å². The van der Waals surface area contributed by atoms with Gasteiger partial charge in [0.2, 0.25) is 0 Å². The van der Waals surface area contributed by atoms with E-state index in [2.05, 4.69) is 5.32 Å². The average Bonchev–Trinajstić information content (AvgIpc) is 3.36. The Hall–Kier alpha value is -1.59. The predicted octanol–water partition coefficient (Wildman–Crippen LogP) is 1.78. The Bertz CT molecular complexity index is 462. The Morgan fingerprint density at radius 1 is 1.33 bits per heavy atom. The lowest BCUT2D eigenvalue weighted by Gasteiger charge is -2.32. The van der Waals surface area contributed by atoms with Gasteiger partial charge in [-0.05, 0) is 18.4 Å². The Balaban J connectivity index is 1.42. The van der Waals surface area contributed by atoms with Gasteiger partial charge in [0, 0.05) is 19.1 Å². The first-order chi connectivity index (χ1) is 10.3. The van der Waals surface area contributed by atoms with Crippen molar-refractivity contribution in [2.45, 2.75) is 31.6 Å². The van der Waals surface area contributed by atoms with Gasteiger partial charge in [-0.15, -0.1) is 0 Å². The van der Waals surface area contributed by atoms with Crippen molar-refractivity contribution in [3.05, 3.63) is 35.9 Å². The van der Waals surface area contributed by atoms with Gasteiger partial charge in [-0.2, -0.15) is 0 Å². The van der Waals surface area contributed by atoms with Gasteiger partial charge in [0.1, 0.15) is 6.61 Å². The van der Waals surface area contributed by atoms with Crippen molar-refractivity contribution in [2.24, 2.45) is 0 Å². The van der Waals surface area contributed by atoms with E-state index >= 15 is 0 Å². The molecule has 0 radical (unpaired) electrons. The summed E-state index contributed by atoms with van der Waals surface area (Å²) in [5.74, 6) is 0. The van der Waals surface area contributed by atoms with Gasteiger partial charge in [-0.25, -0.2) is 4.79 Å². The van der Waals surface area contributed by atoms with E-state index in [1.165, 1.54) is 12.8 Å². The van der Waals surface area contributed by atoms with E-state index in [-0.39, 0.29) is 12.2 Å². The molecule has 1 N–H and O–H groups in total. The molecule has 0 aromatic heterocycles. The van der Waals surface area contributed by atoms with E-state index in [4.69, 9.17) is 9.47 Å². The maximum absolute atomic E-state index is 12.1. The molecule has 1 amide bonds. The Morgan fingerprint density at radius 3 is 2.90 bits per heavy atom. The monoisotopic (exact) mass is 290 g/mol. The number of carbonyl (C=O) groups excluding carboxylic acids is 1. The molecule has 1 unspecified atom stereocenters. The molecule has 1 aliphatic carbocycles. The van der Waals surface area contributed by atoms with Crippen LogP contribution in [0.2, 0.25) is 0 Å². The number of rotatable bonds is 5. The second-order valence-electron chi connectivity index (χ2n) is 5.66. The van der Waals surface area contributed by atoms with Crippen LogP contribution in [0.15, 0.2) is 30.3 Å². The molecule has 1 heterocycles. The van der Waals surface area contributed by atoms with Crippen LogP contribution < -0.4 is 5.32 Å². The number of amides is 1. The molecular weight excluding hydrogens is 268 g/mol. The highest BCUT2D eigenvalue weighted by Gasteiger charge is 2.27. The molecule has 5 nitrogen and oxygen atoms in total. The van der Waals surface area contributed by atoms with Gasteiger partial charge in [0.05, 0.1) is 19.3 Å². The van der Waals surface area contributed by atoms with Crippen molar-refractivity contribution in [3.8, 4) is 0 Å². The Kier molecular flexibility index (Phi) is 4.72. The lowest BCUT2D eigenvalue weighted by atomic mass is 10.2. The van der Waals surface area contributed by atoms with Crippen molar-refractivity contribution in [2.75, 3.05) is 26.2 Å². The molecule has 1 saturated carbocycles. The normalized spacial score (nSPS) is 22.1. The van der Waals surface area contributed by atoms with E-state index in [9.17, 15) is 4.79 Å². The molecule has 1 aliphatic heterocycles. The summed E-state index contributed by atoms with van der Waals surface area (Å²) in [5.41, 5.74) is 1.01. The predicted molar refractivity (Wildman–Crippen MR) is 79.0 cm³/mol. The maximum atomic E-state index is 12.1. The number of ether oxygens (including phenoxy) is 2. The fourth-order valence-electron chi connectivity index (χ4n) is 2.40. The van der Waals surface area contributed by atoms with Crippen LogP contribution >= 0.6 is 0 Å². The summed E-state index contributed by atoms with van der Waals surface area (Å²) in [7, 11) is 0. The van der Waals surface area contributed by atoms with Gasteiger partial charge < -0.3 is 19.7 Å². The van der Waals surface area contributed by atoms with Crippen LogP contribution in [0.5, 0.6) is 0 Å².